The van der Waals surface area contributed by atoms with Crippen LogP contribution in [0.1, 0.15) is 33.6 Å². The maximum atomic E-state index is 14.3. The Labute approximate surface area is 261 Å². The van der Waals surface area contributed by atoms with Crippen molar-refractivity contribution in [1.82, 2.24) is 20.3 Å². The molecule has 1 atom stereocenters. The Morgan fingerprint density at radius 2 is 2.00 bits per heavy atom. The van der Waals surface area contributed by atoms with Crippen LogP contribution in [0.15, 0.2) is 53.7 Å². The van der Waals surface area contributed by atoms with Crippen molar-refractivity contribution < 1.29 is 45.3 Å². The quantitative estimate of drug-likeness (QED) is 0.260. The first-order chi connectivity index (χ1) is 22.2. The summed E-state index contributed by atoms with van der Waals surface area (Å²) >= 11 is 0. The highest BCUT2D eigenvalue weighted by Crippen LogP contribution is 2.37. The van der Waals surface area contributed by atoms with Gasteiger partial charge in [-0.05, 0) is 30.3 Å². The van der Waals surface area contributed by atoms with Crippen LogP contribution in [0.25, 0.3) is 10.9 Å². The summed E-state index contributed by atoms with van der Waals surface area (Å²) in [5, 5.41) is 3.30. The van der Waals surface area contributed by atoms with Crippen LogP contribution in [-0.2, 0) is 32.5 Å². The molecule has 0 fully saturated rings. The summed E-state index contributed by atoms with van der Waals surface area (Å²) in [5.74, 6) is 1.40. The number of fused-ring (bicyclic) bond motifs is 3. The van der Waals surface area contributed by atoms with E-state index in [1.807, 2.05) is 17.0 Å². The molecule has 5 heterocycles. The SMILES string of the molecule is COCCOc1cnc2c(c1)OCCN2c1ccc2cnc(CNC(=O)c3cc(C(F)F)c4c(c3)S(=O)(=O)[C@@H](F)COC4)cc2n1. The van der Waals surface area contributed by atoms with Gasteiger partial charge < -0.3 is 29.2 Å². The van der Waals surface area contributed by atoms with Gasteiger partial charge in [0, 0.05) is 41.4 Å². The Morgan fingerprint density at radius 3 is 2.80 bits per heavy atom. The van der Waals surface area contributed by atoms with Crippen LogP contribution in [0.3, 0.4) is 0 Å². The number of anilines is 2. The van der Waals surface area contributed by atoms with E-state index in [0.29, 0.717) is 60.7 Å². The highest BCUT2D eigenvalue weighted by Gasteiger charge is 2.36. The topological polar surface area (TPSA) is 142 Å². The van der Waals surface area contributed by atoms with Crippen LogP contribution >= 0.6 is 0 Å². The van der Waals surface area contributed by atoms with E-state index in [1.54, 1.807) is 31.6 Å². The molecule has 1 N–H and O–H groups in total. The summed E-state index contributed by atoms with van der Waals surface area (Å²) in [6.07, 6.45) is 0.0486. The molecule has 0 aliphatic carbocycles. The minimum absolute atomic E-state index is 0.128. The molecule has 0 bridgehead atoms. The van der Waals surface area contributed by atoms with Crippen molar-refractivity contribution in [2.75, 3.05) is 45.0 Å². The molecule has 0 saturated heterocycles. The normalized spacial score (nSPS) is 17.2. The number of rotatable bonds is 9. The Bertz CT molecular complexity index is 1900. The number of hydrogen-bond acceptors (Lipinski definition) is 11. The zero-order valence-electron chi connectivity index (χ0n) is 24.4. The zero-order valence-corrected chi connectivity index (χ0v) is 25.2. The van der Waals surface area contributed by atoms with E-state index in [-0.39, 0.29) is 17.7 Å². The van der Waals surface area contributed by atoms with Gasteiger partial charge in [0.15, 0.2) is 11.6 Å². The van der Waals surface area contributed by atoms with Gasteiger partial charge in [0.05, 0.1) is 55.2 Å². The molecular weight excluding hydrogens is 631 g/mol. The first kappa shape index (κ1) is 31.4. The predicted molar refractivity (Wildman–Crippen MR) is 158 cm³/mol. The third-order valence-electron chi connectivity index (χ3n) is 7.39. The van der Waals surface area contributed by atoms with Crippen molar-refractivity contribution in [2.24, 2.45) is 0 Å². The number of carbonyl (C=O) groups excluding carboxylic acids is 1. The van der Waals surface area contributed by atoms with E-state index in [9.17, 15) is 26.4 Å². The van der Waals surface area contributed by atoms with Gasteiger partial charge in [0.2, 0.25) is 15.3 Å². The number of hydrogen-bond donors (Lipinski definition) is 1. The maximum Gasteiger partial charge on any atom is 0.264 e. The van der Waals surface area contributed by atoms with E-state index >= 15 is 0 Å². The van der Waals surface area contributed by atoms with Gasteiger partial charge in [0.25, 0.3) is 12.3 Å². The van der Waals surface area contributed by atoms with Gasteiger partial charge in [-0.2, -0.15) is 0 Å². The van der Waals surface area contributed by atoms with Crippen LogP contribution in [0.4, 0.5) is 24.8 Å². The predicted octanol–water partition coefficient (Wildman–Crippen LogP) is 4.05. The van der Waals surface area contributed by atoms with E-state index in [0.717, 1.165) is 17.5 Å². The van der Waals surface area contributed by atoms with Crippen molar-refractivity contribution in [3.8, 4) is 11.5 Å². The van der Waals surface area contributed by atoms with E-state index in [1.165, 1.54) is 0 Å². The molecule has 0 radical (unpaired) electrons. The smallest absolute Gasteiger partial charge is 0.264 e. The van der Waals surface area contributed by atoms with Crippen molar-refractivity contribution in [2.45, 2.75) is 30.0 Å². The number of ether oxygens (including phenoxy) is 4. The first-order valence-corrected chi connectivity index (χ1v) is 15.7. The fourth-order valence-corrected chi connectivity index (χ4v) is 6.44. The average molecular weight is 660 g/mol. The minimum atomic E-state index is -4.65. The third-order valence-corrected chi connectivity index (χ3v) is 9.18. The number of pyridine rings is 3. The van der Waals surface area contributed by atoms with Crippen LogP contribution < -0.4 is 19.7 Å². The first-order valence-electron chi connectivity index (χ1n) is 14.1. The third kappa shape index (κ3) is 6.27. The van der Waals surface area contributed by atoms with E-state index in [2.05, 4.69) is 15.3 Å². The maximum absolute atomic E-state index is 14.3. The second-order valence-electron chi connectivity index (χ2n) is 10.4. The zero-order chi connectivity index (χ0) is 32.4. The van der Waals surface area contributed by atoms with Crippen molar-refractivity contribution in [3.05, 3.63) is 71.2 Å². The number of sulfone groups is 1. The summed E-state index contributed by atoms with van der Waals surface area (Å²) < 4.78 is 88.8. The fourth-order valence-electron chi connectivity index (χ4n) is 5.08. The highest BCUT2D eigenvalue weighted by molar-refractivity contribution is 7.92. The summed E-state index contributed by atoms with van der Waals surface area (Å²) in [4.78, 5) is 27.9. The molecule has 6 rings (SSSR count). The molecule has 16 heteroatoms. The number of benzene rings is 1. The molecular formula is C30H28F3N5O7S. The molecule has 0 unspecified atom stereocenters. The van der Waals surface area contributed by atoms with Crippen molar-refractivity contribution in [1.29, 1.82) is 0 Å². The Hall–Kier alpha value is -4.54. The van der Waals surface area contributed by atoms with Gasteiger partial charge in [-0.3, -0.25) is 9.78 Å². The molecule has 2 aliphatic rings. The van der Waals surface area contributed by atoms with Gasteiger partial charge in [-0.15, -0.1) is 0 Å². The fraction of sp³-hybridized carbons (Fsp3) is 0.333. The second-order valence-corrected chi connectivity index (χ2v) is 12.4. The number of alkyl halides is 3. The molecule has 2 aliphatic heterocycles. The molecule has 3 aromatic heterocycles. The van der Waals surface area contributed by atoms with Crippen LogP contribution in [0.5, 0.6) is 11.5 Å². The number of amides is 1. The van der Waals surface area contributed by atoms with E-state index < -0.39 is 51.3 Å². The largest absolute Gasteiger partial charge is 0.489 e. The summed E-state index contributed by atoms with van der Waals surface area (Å²) in [7, 11) is -3.07. The van der Waals surface area contributed by atoms with Crippen molar-refractivity contribution in [3.63, 3.8) is 0 Å². The van der Waals surface area contributed by atoms with Gasteiger partial charge in [-0.25, -0.2) is 31.6 Å². The minimum Gasteiger partial charge on any atom is -0.489 e. The molecule has 46 heavy (non-hydrogen) atoms. The number of aromatic nitrogens is 3. The van der Waals surface area contributed by atoms with Crippen LogP contribution in [0.2, 0.25) is 0 Å². The lowest BCUT2D eigenvalue weighted by atomic mass is 10.0. The molecule has 4 aromatic rings. The molecule has 1 aromatic carbocycles. The van der Waals surface area contributed by atoms with Gasteiger partial charge in [-0.1, -0.05) is 0 Å². The molecule has 1 amide bonds. The lowest BCUT2D eigenvalue weighted by Gasteiger charge is -2.29. The van der Waals surface area contributed by atoms with Crippen molar-refractivity contribution >= 4 is 38.3 Å². The molecule has 0 saturated carbocycles. The Kier molecular flexibility index (Phi) is 8.93. The average Bonchev–Trinajstić information content (AvgIpc) is 3.17. The van der Waals surface area contributed by atoms with Crippen LogP contribution in [0, 0.1) is 0 Å². The van der Waals surface area contributed by atoms with Crippen LogP contribution in [-0.4, -0.2) is 74.9 Å². The number of halogens is 3. The van der Waals surface area contributed by atoms with Gasteiger partial charge in [0.1, 0.15) is 24.8 Å². The summed E-state index contributed by atoms with van der Waals surface area (Å²) in [6.45, 7) is 0.220. The molecule has 0 spiro atoms. The summed E-state index contributed by atoms with van der Waals surface area (Å²) in [5.41, 5.74) is -2.92. The Balaban J connectivity index is 1.22. The summed E-state index contributed by atoms with van der Waals surface area (Å²) in [6, 6.07) is 8.87. The highest BCUT2D eigenvalue weighted by atomic mass is 32.2. The molecule has 242 valence electrons. The standard InChI is InChI=1S/C30H28F3N5O7S/c1-42-6-7-44-20-11-24-29(35-14-20)38(4-5-45-24)27-3-2-17-12-34-19(10-23(17)37-27)13-36-30(39)18-8-21(28(32)33)22-15-43-16-26(31)46(40,41)25(22)9-18/h2-3,8-12,14,26,28H,4-7,13,15-16H2,1H3,(H,36,39)/t26-/m1/s1. The Morgan fingerprint density at radius 1 is 1.15 bits per heavy atom. The number of nitrogens with one attached hydrogen (secondary N) is 1. The number of methoxy groups -OCH3 is 1. The number of carbonyl (C=O) groups is 1. The monoisotopic (exact) mass is 659 g/mol. The van der Waals surface area contributed by atoms with E-state index in [4.69, 9.17) is 23.9 Å². The molecule has 12 nitrogen and oxygen atoms in total. The lowest BCUT2D eigenvalue weighted by molar-refractivity contribution is 0.0914. The number of nitrogens with zero attached hydrogens (tertiary/aromatic N) is 4. The lowest BCUT2D eigenvalue weighted by Crippen LogP contribution is -2.30. The second kappa shape index (κ2) is 13.1. The van der Waals surface area contributed by atoms with Gasteiger partial charge >= 0.3 is 0 Å².